The second-order valence-electron chi connectivity index (χ2n) is 8.33. The molecular formula is C21H28N4O3. The molecule has 3 heterocycles. The first-order valence-electron chi connectivity index (χ1n) is 9.78. The fourth-order valence-electron chi connectivity index (χ4n) is 4.90. The summed E-state index contributed by atoms with van der Waals surface area (Å²) in [6, 6.07) is 9.66. The number of amides is 1. The lowest BCUT2D eigenvalue weighted by molar-refractivity contribution is -0.128. The molecule has 0 saturated carbocycles. The molecule has 1 aromatic carbocycles. The number of benzene rings is 1. The molecule has 2 aliphatic rings. The van der Waals surface area contributed by atoms with Gasteiger partial charge in [0, 0.05) is 57.8 Å². The van der Waals surface area contributed by atoms with E-state index < -0.39 is 0 Å². The molecule has 0 radical (unpaired) electrons. The smallest absolute Gasteiger partial charge is 0.276 e. The summed E-state index contributed by atoms with van der Waals surface area (Å²) in [6.45, 7) is 6.99. The largest absolute Gasteiger partial charge is 0.396 e. The number of fused-ring (bicyclic) bond motifs is 1. The number of carbonyl (C=O) groups is 1. The van der Waals surface area contributed by atoms with Crippen molar-refractivity contribution in [2.24, 2.45) is 18.4 Å². The van der Waals surface area contributed by atoms with Gasteiger partial charge in [-0.2, -0.15) is 0 Å². The minimum atomic E-state index is -0.271. The molecule has 2 aromatic rings. The van der Waals surface area contributed by atoms with E-state index in [0.717, 1.165) is 23.5 Å². The van der Waals surface area contributed by atoms with Gasteiger partial charge in [0.25, 0.3) is 5.56 Å². The molecule has 2 fully saturated rings. The summed E-state index contributed by atoms with van der Waals surface area (Å²) in [4.78, 5) is 29.0. The average Bonchev–Trinajstić information content (AvgIpc) is 3.26. The van der Waals surface area contributed by atoms with E-state index in [-0.39, 0.29) is 29.4 Å². The molecule has 2 atom stereocenters. The number of nitrogens with zero attached hydrogens (tertiary/aromatic N) is 4. The van der Waals surface area contributed by atoms with Gasteiger partial charge in [0.1, 0.15) is 0 Å². The van der Waals surface area contributed by atoms with Crippen LogP contribution in [0.5, 0.6) is 0 Å². The van der Waals surface area contributed by atoms with Crippen LogP contribution in [0.2, 0.25) is 0 Å². The van der Waals surface area contributed by atoms with Gasteiger partial charge in [-0.15, -0.1) is 0 Å². The lowest BCUT2D eigenvalue weighted by Crippen LogP contribution is -2.38. The summed E-state index contributed by atoms with van der Waals surface area (Å²) >= 11 is 0. The number of hydrogen-bond acceptors (Lipinski definition) is 4. The van der Waals surface area contributed by atoms with Gasteiger partial charge in [-0.3, -0.25) is 19.2 Å². The maximum Gasteiger partial charge on any atom is 0.276 e. The summed E-state index contributed by atoms with van der Waals surface area (Å²) < 4.78 is 3.62. The molecule has 0 aliphatic carbocycles. The average molecular weight is 384 g/mol. The van der Waals surface area contributed by atoms with Crippen molar-refractivity contribution in [3.05, 3.63) is 51.9 Å². The maximum atomic E-state index is 13.1. The highest BCUT2D eigenvalue weighted by Crippen LogP contribution is 2.42. The Balaban J connectivity index is 1.59. The van der Waals surface area contributed by atoms with Crippen LogP contribution < -0.4 is 5.56 Å². The summed E-state index contributed by atoms with van der Waals surface area (Å²) in [5.41, 5.74) is 2.34. The quantitative estimate of drug-likeness (QED) is 0.845. The number of likely N-dealkylation sites (tertiary alicyclic amines) is 2. The van der Waals surface area contributed by atoms with Gasteiger partial charge in [0.2, 0.25) is 5.91 Å². The SMILES string of the molecule is CC(=O)N1C[C@@H]2CN(Cc3c(C)n(C)n(-c4ccccc4)c3=O)C[C@]2(CO)C1. The van der Waals surface area contributed by atoms with Crippen LogP contribution in [0.1, 0.15) is 18.2 Å². The molecule has 150 valence electrons. The summed E-state index contributed by atoms with van der Waals surface area (Å²) in [6.07, 6.45) is 0. The van der Waals surface area contributed by atoms with Crippen molar-refractivity contribution in [1.82, 2.24) is 19.2 Å². The Labute approximate surface area is 164 Å². The van der Waals surface area contributed by atoms with E-state index in [4.69, 9.17) is 0 Å². The zero-order valence-electron chi connectivity index (χ0n) is 16.8. The second kappa shape index (κ2) is 6.90. The molecule has 1 aromatic heterocycles. The lowest BCUT2D eigenvalue weighted by atomic mass is 9.82. The van der Waals surface area contributed by atoms with Crippen LogP contribution in [-0.4, -0.2) is 63.0 Å². The van der Waals surface area contributed by atoms with Crippen LogP contribution in [-0.2, 0) is 18.4 Å². The van der Waals surface area contributed by atoms with E-state index in [1.54, 1.807) is 11.6 Å². The minimum absolute atomic E-state index is 0.00618. The highest BCUT2D eigenvalue weighted by molar-refractivity contribution is 5.73. The third kappa shape index (κ3) is 2.89. The van der Waals surface area contributed by atoms with E-state index in [0.29, 0.717) is 26.2 Å². The van der Waals surface area contributed by atoms with E-state index in [9.17, 15) is 14.7 Å². The van der Waals surface area contributed by atoms with Crippen LogP contribution in [0.4, 0.5) is 0 Å². The second-order valence-corrected chi connectivity index (χ2v) is 8.33. The molecule has 0 spiro atoms. The fraction of sp³-hybridized carbons (Fsp3) is 0.524. The first kappa shape index (κ1) is 19.0. The van der Waals surface area contributed by atoms with Gasteiger partial charge in [0.15, 0.2) is 0 Å². The van der Waals surface area contributed by atoms with Crippen LogP contribution in [0.25, 0.3) is 5.69 Å². The number of para-hydroxylation sites is 1. The fourth-order valence-corrected chi connectivity index (χ4v) is 4.90. The van der Waals surface area contributed by atoms with Gasteiger partial charge in [-0.25, -0.2) is 4.68 Å². The predicted molar refractivity (Wildman–Crippen MR) is 106 cm³/mol. The standard InChI is InChI=1S/C21H28N4O3/c1-15-19(20(28)25(22(15)3)18-7-5-4-6-8-18)11-23-9-17-10-24(16(2)27)13-21(17,12-23)14-26/h4-8,17,26H,9-14H2,1-3H3/t17-,21+/m0/s1. The van der Waals surface area contributed by atoms with Crippen LogP contribution in [0.15, 0.2) is 35.1 Å². The Bertz CT molecular complexity index is 949. The Morgan fingerprint density at radius 1 is 1.21 bits per heavy atom. The molecule has 4 rings (SSSR count). The molecule has 7 heteroatoms. The Kier molecular flexibility index (Phi) is 4.67. The van der Waals surface area contributed by atoms with Crippen molar-refractivity contribution in [3.8, 4) is 5.69 Å². The zero-order valence-corrected chi connectivity index (χ0v) is 16.8. The Morgan fingerprint density at radius 3 is 2.54 bits per heavy atom. The number of aliphatic hydroxyl groups is 1. The molecule has 2 aliphatic heterocycles. The van der Waals surface area contributed by atoms with Gasteiger partial charge < -0.3 is 10.0 Å². The first-order valence-corrected chi connectivity index (χ1v) is 9.78. The topological polar surface area (TPSA) is 70.7 Å². The number of aromatic nitrogens is 2. The third-order valence-electron chi connectivity index (χ3n) is 6.65. The molecule has 1 amide bonds. The van der Waals surface area contributed by atoms with Crippen molar-refractivity contribution >= 4 is 5.91 Å². The molecule has 28 heavy (non-hydrogen) atoms. The van der Waals surface area contributed by atoms with Crippen LogP contribution >= 0.6 is 0 Å². The van der Waals surface area contributed by atoms with Gasteiger partial charge >= 0.3 is 0 Å². The highest BCUT2D eigenvalue weighted by Gasteiger charge is 2.52. The molecule has 0 bridgehead atoms. The normalized spacial score (nSPS) is 24.7. The van der Waals surface area contributed by atoms with Crippen LogP contribution in [0, 0.1) is 18.3 Å². The number of rotatable bonds is 4. The number of carbonyl (C=O) groups excluding carboxylic acids is 1. The van der Waals surface area contributed by atoms with E-state index >= 15 is 0 Å². The minimum Gasteiger partial charge on any atom is -0.396 e. The van der Waals surface area contributed by atoms with Crippen molar-refractivity contribution in [2.75, 3.05) is 32.8 Å². The molecule has 7 nitrogen and oxygen atoms in total. The summed E-state index contributed by atoms with van der Waals surface area (Å²) in [5, 5.41) is 10.1. The number of hydrogen-bond donors (Lipinski definition) is 1. The van der Waals surface area contributed by atoms with Gasteiger partial charge in [0.05, 0.1) is 17.9 Å². The maximum absolute atomic E-state index is 13.1. The Hall–Kier alpha value is -2.38. The molecule has 1 N–H and O–H groups in total. The van der Waals surface area contributed by atoms with Crippen LogP contribution in [0.3, 0.4) is 0 Å². The van der Waals surface area contributed by atoms with E-state index in [1.165, 1.54) is 0 Å². The van der Waals surface area contributed by atoms with Crippen molar-refractivity contribution in [2.45, 2.75) is 20.4 Å². The highest BCUT2D eigenvalue weighted by atomic mass is 16.3. The molecule has 2 saturated heterocycles. The number of aliphatic hydroxyl groups excluding tert-OH is 1. The monoisotopic (exact) mass is 384 g/mol. The summed E-state index contributed by atoms with van der Waals surface area (Å²) in [5.74, 6) is 0.320. The van der Waals surface area contributed by atoms with E-state index in [1.807, 2.05) is 53.9 Å². The van der Waals surface area contributed by atoms with Crippen molar-refractivity contribution in [3.63, 3.8) is 0 Å². The van der Waals surface area contributed by atoms with Gasteiger partial charge in [-0.1, -0.05) is 18.2 Å². The predicted octanol–water partition coefficient (Wildman–Crippen LogP) is 0.757. The summed E-state index contributed by atoms with van der Waals surface area (Å²) in [7, 11) is 1.91. The zero-order chi connectivity index (χ0) is 20.1. The third-order valence-corrected chi connectivity index (χ3v) is 6.65. The van der Waals surface area contributed by atoms with Gasteiger partial charge in [-0.05, 0) is 25.0 Å². The lowest BCUT2D eigenvalue weighted by Gasteiger charge is -2.26. The first-order chi connectivity index (χ1) is 13.4. The molecule has 0 unspecified atom stereocenters. The molecular weight excluding hydrogens is 356 g/mol. The Morgan fingerprint density at radius 2 is 1.93 bits per heavy atom. The van der Waals surface area contributed by atoms with Crippen molar-refractivity contribution in [1.29, 1.82) is 0 Å². The van der Waals surface area contributed by atoms with Crippen molar-refractivity contribution < 1.29 is 9.90 Å². The van der Waals surface area contributed by atoms with E-state index in [2.05, 4.69) is 4.90 Å².